The number of hydrogen-bond acceptors (Lipinski definition) is 3. The van der Waals surface area contributed by atoms with Crippen molar-refractivity contribution in [2.45, 2.75) is 32.2 Å². The van der Waals surface area contributed by atoms with Gasteiger partial charge >= 0.3 is 12.0 Å². The number of urea groups is 1. The first kappa shape index (κ1) is 18.3. The van der Waals surface area contributed by atoms with Gasteiger partial charge in [0.05, 0.1) is 0 Å². The second-order valence-electron chi connectivity index (χ2n) is 5.66. The Morgan fingerprint density at radius 1 is 1.42 bits per heavy atom. The average molecular weight is 398 g/mol. The van der Waals surface area contributed by atoms with Crippen LogP contribution in [0.1, 0.15) is 24.8 Å². The lowest BCUT2D eigenvalue weighted by atomic mass is 10.2. The predicted molar refractivity (Wildman–Crippen MR) is 93.0 cm³/mol. The van der Waals surface area contributed by atoms with E-state index in [0.29, 0.717) is 19.4 Å². The van der Waals surface area contributed by atoms with Gasteiger partial charge in [0.2, 0.25) is 5.91 Å². The highest BCUT2D eigenvalue weighted by Crippen LogP contribution is 2.26. The number of nitrogens with zero attached hydrogens (tertiary/aromatic N) is 1. The van der Waals surface area contributed by atoms with E-state index in [1.54, 1.807) is 4.90 Å². The number of nitrogens with one attached hydrogen (secondary N) is 2. The Morgan fingerprint density at radius 3 is 2.83 bits per heavy atom. The number of carbonyl (C=O) groups excluding carboxylic acids is 2. The Morgan fingerprint density at radius 2 is 2.17 bits per heavy atom. The summed E-state index contributed by atoms with van der Waals surface area (Å²) < 4.78 is 0.980. The van der Waals surface area contributed by atoms with E-state index in [0.717, 1.165) is 15.7 Å². The number of amides is 3. The van der Waals surface area contributed by atoms with E-state index >= 15 is 0 Å². The number of carbonyl (C=O) groups is 3. The van der Waals surface area contributed by atoms with Crippen molar-refractivity contribution in [3.63, 3.8) is 0 Å². The van der Waals surface area contributed by atoms with Crippen molar-refractivity contribution in [3.05, 3.63) is 28.2 Å². The van der Waals surface area contributed by atoms with Crippen LogP contribution in [0.3, 0.4) is 0 Å². The molecule has 1 aromatic carbocycles. The third-order valence-electron chi connectivity index (χ3n) is 3.82. The molecule has 0 bridgehead atoms. The van der Waals surface area contributed by atoms with Crippen LogP contribution in [0, 0.1) is 6.92 Å². The molecule has 0 saturated carbocycles. The van der Waals surface area contributed by atoms with Crippen molar-refractivity contribution in [1.29, 1.82) is 0 Å². The molecular formula is C16H20BrN3O4. The first-order valence-corrected chi connectivity index (χ1v) is 8.51. The van der Waals surface area contributed by atoms with Gasteiger partial charge in [-0.2, -0.15) is 0 Å². The summed E-state index contributed by atoms with van der Waals surface area (Å²) in [7, 11) is 0. The molecule has 1 saturated heterocycles. The maximum atomic E-state index is 12.5. The summed E-state index contributed by atoms with van der Waals surface area (Å²) in [4.78, 5) is 36.3. The number of carboxylic acids is 1. The number of aliphatic carboxylic acids is 1. The Labute approximate surface area is 148 Å². The van der Waals surface area contributed by atoms with Crippen LogP contribution in [-0.2, 0) is 9.59 Å². The minimum atomic E-state index is -0.899. The zero-order valence-corrected chi connectivity index (χ0v) is 14.9. The number of benzene rings is 1. The first-order chi connectivity index (χ1) is 11.4. The standard InChI is InChI=1S/C16H20BrN3O4/c1-10-9-11(4-5-12(10)17)20-8-6-13(15(20)23)19-16(24)18-7-2-3-14(21)22/h4-5,9,13H,2-3,6-8H2,1H3,(H,21,22)(H2,18,19,24). The minimum Gasteiger partial charge on any atom is -0.481 e. The molecule has 1 aliphatic rings. The smallest absolute Gasteiger partial charge is 0.315 e. The molecule has 0 aromatic heterocycles. The molecule has 1 unspecified atom stereocenters. The second-order valence-corrected chi connectivity index (χ2v) is 6.52. The Bertz CT molecular complexity index is 650. The van der Waals surface area contributed by atoms with Crippen molar-refractivity contribution >= 4 is 39.5 Å². The molecule has 1 aliphatic heterocycles. The molecule has 0 spiro atoms. The maximum Gasteiger partial charge on any atom is 0.315 e. The van der Waals surface area contributed by atoms with Crippen LogP contribution in [0.25, 0.3) is 0 Å². The summed E-state index contributed by atoms with van der Waals surface area (Å²) in [5, 5.41) is 13.7. The van der Waals surface area contributed by atoms with E-state index in [1.807, 2.05) is 25.1 Å². The normalized spacial score (nSPS) is 17.0. The third-order valence-corrected chi connectivity index (χ3v) is 4.71. The predicted octanol–water partition coefficient (Wildman–Crippen LogP) is 2.03. The van der Waals surface area contributed by atoms with Gasteiger partial charge in [0, 0.05) is 29.7 Å². The van der Waals surface area contributed by atoms with Gasteiger partial charge in [0.25, 0.3) is 0 Å². The largest absolute Gasteiger partial charge is 0.481 e. The molecule has 1 atom stereocenters. The van der Waals surface area contributed by atoms with Gasteiger partial charge in [-0.25, -0.2) is 4.79 Å². The molecule has 1 fully saturated rings. The second kappa shape index (κ2) is 8.14. The summed E-state index contributed by atoms with van der Waals surface area (Å²) in [5.41, 5.74) is 1.85. The summed E-state index contributed by atoms with van der Waals surface area (Å²) in [6, 6.07) is 4.68. The fourth-order valence-corrected chi connectivity index (χ4v) is 2.76. The highest BCUT2D eigenvalue weighted by Gasteiger charge is 2.33. The molecule has 1 heterocycles. The van der Waals surface area contributed by atoms with Gasteiger partial charge in [-0.15, -0.1) is 0 Å². The van der Waals surface area contributed by atoms with E-state index in [-0.39, 0.29) is 18.9 Å². The molecule has 0 radical (unpaired) electrons. The minimum absolute atomic E-state index is 0.000660. The lowest BCUT2D eigenvalue weighted by molar-refractivity contribution is -0.137. The number of carboxylic acid groups (broad SMARTS) is 1. The Kier molecular flexibility index (Phi) is 6.19. The Hall–Kier alpha value is -2.09. The highest BCUT2D eigenvalue weighted by molar-refractivity contribution is 9.10. The summed E-state index contributed by atoms with van der Waals surface area (Å²) >= 11 is 3.43. The molecule has 8 heteroatoms. The van der Waals surface area contributed by atoms with Crippen LogP contribution in [0.2, 0.25) is 0 Å². The maximum absolute atomic E-state index is 12.5. The van der Waals surface area contributed by atoms with Crippen molar-refractivity contribution in [2.75, 3.05) is 18.0 Å². The SMILES string of the molecule is Cc1cc(N2CCC(NC(=O)NCCCC(=O)O)C2=O)ccc1Br. The lowest BCUT2D eigenvalue weighted by Gasteiger charge is -2.18. The monoisotopic (exact) mass is 397 g/mol. The van der Waals surface area contributed by atoms with Gasteiger partial charge in [-0.3, -0.25) is 9.59 Å². The van der Waals surface area contributed by atoms with Crippen LogP contribution in [0.5, 0.6) is 0 Å². The zero-order chi connectivity index (χ0) is 17.7. The van der Waals surface area contributed by atoms with Gasteiger partial charge in [-0.1, -0.05) is 15.9 Å². The van der Waals surface area contributed by atoms with Gasteiger partial charge in [-0.05, 0) is 43.5 Å². The molecule has 130 valence electrons. The van der Waals surface area contributed by atoms with Gasteiger partial charge < -0.3 is 20.6 Å². The fraction of sp³-hybridized carbons (Fsp3) is 0.438. The molecular weight excluding hydrogens is 378 g/mol. The number of anilines is 1. The van der Waals surface area contributed by atoms with Crippen LogP contribution in [0.15, 0.2) is 22.7 Å². The number of hydrogen-bond donors (Lipinski definition) is 3. The van der Waals surface area contributed by atoms with E-state index in [9.17, 15) is 14.4 Å². The van der Waals surface area contributed by atoms with Crippen LogP contribution in [-0.4, -0.2) is 42.1 Å². The molecule has 2 rings (SSSR count). The summed E-state index contributed by atoms with van der Waals surface area (Å²) in [6.45, 7) is 2.76. The van der Waals surface area contributed by atoms with Crippen molar-refractivity contribution in [3.8, 4) is 0 Å². The van der Waals surface area contributed by atoms with Crippen molar-refractivity contribution < 1.29 is 19.5 Å². The molecule has 7 nitrogen and oxygen atoms in total. The molecule has 0 aliphatic carbocycles. The molecule has 24 heavy (non-hydrogen) atoms. The van der Waals surface area contributed by atoms with Crippen molar-refractivity contribution in [1.82, 2.24) is 10.6 Å². The van der Waals surface area contributed by atoms with Crippen LogP contribution < -0.4 is 15.5 Å². The lowest BCUT2D eigenvalue weighted by Crippen LogP contribution is -2.46. The average Bonchev–Trinajstić information content (AvgIpc) is 2.87. The van der Waals surface area contributed by atoms with Gasteiger partial charge in [0.1, 0.15) is 6.04 Å². The molecule has 3 N–H and O–H groups in total. The fourth-order valence-electron chi connectivity index (χ4n) is 2.52. The highest BCUT2D eigenvalue weighted by atomic mass is 79.9. The third kappa shape index (κ3) is 4.70. The number of rotatable bonds is 6. The van der Waals surface area contributed by atoms with E-state index in [1.165, 1.54) is 0 Å². The topological polar surface area (TPSA) is 98.7 Å². The Balaban J connectivity index is 1.86. The van der Waals surface area contributed by atoms with Gasteiger partial charge in [0.15, 0.2) is 0 Å². The number of aryl methyl sites for hydroxylation is 1. The first-order valence-electron chi connectivity index (χ1n) is 7.72. The molecule has 1 aromatic rings. The quantitative estimate of drug-likeness (QED) is 0.639. The van der Waals surface area contributed by atoms with E-state index < -0.39 is 18.0 Å². The van der Waals surface area contributed by atoms with E-state index in [4.69, 9.17) is 5.11 Å². The van der Waals surface area contributed by atoms with E-state index in [2.05, 4.69) is 26.6 Å². The zero-order valence-electron chi connectivity index (χ0n) is 13.3. The van der Waals surface area contributed by atoms with Crippen LogP contribution in [0.4, 0.5) is 10.5 Å². The van der Waals surface area contributed by atoms with Crippen molar-refractivity contribution in [2.24, 2.45) is 0 Å². The summed E-state index contributed by atoms with van der Waals surface area (Å²) in [5.74, 6) is -1.04. The molecule has 3 amide bonds. The summed E-state index contributed by atoms with van der Waals surface area (Å²) in [6.07, 6.45) is 0.890. The van der Waals surface area contributed by atoms with Crippen LogP contribution >= 0.6 is 15.9 Å². The number of halogens is 1.